The van der Waals surface area contributed by atoms with Crippen LogP contribution in [-0.4, -0.2) is 39.6 Å². The van der Waals surface area contributed by atoms with Gasteiger partial charge in [-0.2, -0.15) is 5.10 Å². The van der Waals surface area contributed by atoms with Crippen LogP contribution in [0.5, 0.6) is 5.75 Å². The molecule has 1 aromatic heterocycles. The summed E-state index contributed by atoms with van der Waals surface area (Å²) in [6.07, 6.45) is 2.89. The van der Waals surface area contributed by atoms with Crippen molar-refractivity contribution in [2.24, 2.45) is 5.10 Å². The van der Waals surface area contributed by atoms with E-state index >= 15 is 0 Å². The van der Waals surface area contributed by atoms with E-state index in [1.165, 1.54) is 36.7 Å². The molecule has 3 aromatic carbocycles. The van der Waals surface area contributed by atoms with Crippen LogP contribution in [0.3, 0.4) is 0 Å². The van der Waals surface area contributed by atoms with Gasteiger partial charge in [0.25, 0.3) is 21.8 Å². The van der Waals surface area contributed by atoms with Crippen LogP contribution in [0.25, 0.3) is 0 Å². The quantitative estimate of drug-likeness (QED) is 0.200. The SMILES string of the molecule is O=C(COc1ccc(/C=N\NC(=O)CN(c2ccc(F)cc2)S(=O)(=O)c2ccccc2)cc1)NCc1ccco1. The Kier molecular flexibility index (Phi) is 9.26. The molecule has 1 heterocycles. The molecule has 12 heteroatoms. The second-order valence-corrected chi connectivity index (χ2v) is 10.2. The van der Waals surface area contributed by atoms with Gasteiger partial charge >= 0.3 is 0 Å². The summed E-state index contributed by atoms with van der Waals surface area (Å²) in [5, 5.41) is 6.56. The molecular formula is C28H25FN4O6S. The molecule has 2 N–H and O–H groups in total. The van der Waals surface area contributed by atoms with Gasteiger partial charge in [0.1, 0.15) is 23.9 Å². The molecule has 0 atom stereocenters. The average molecular weight is 565 g/mol. The van der Waals surface area contributed by atoms with Crippen LogP contribution in [0.15, 0.2) is 112 Å². The molecule has 4 rings (SSSR count). The molecule has 0 spiro atoms. The first-order valence-corrected chi connectivity index (χ1v) is 13.4. The van der Waals surface area contributed by atoms with E-state index in [0.29, 0.717) is 17.1 Å². The van der Waals surface area contributed by atoms with Gasteiger partial charge in [-0.3, -0.25) is 13.9 Å². The summed E-state index contributed by atoms with van der Waals surface area (Å²) >= 11 is 0. The van der Waals surface area contributed by atoms with Crippen molar-refractivity contribution in [1.29, 1.82) is 0 Å². The normalized spacial score (nSPS) is 11.2. The number of hydrogen-bond acceptors (Lipinski definition) is 7. The number of ether oxygens (including phenoxy) is 1. The Morgan fingerprint density at radius 1 is 0.925 bits per heavy atom. The number of furan rings is 1. The number of nitrogens with zero attached hydrogens (tertiary/aromatic N) is 2. The molecule has 0 saturated carbocycles. The van der Waals surface area contributed by atoms with Gasteiger partial charge in [0.15, 0.2) is 6.61 Å². The minimum atomic E-state index is -4.12. The van der Waals surface area contributed by atoms with Crippen LogP contribution in [0.2, 0.25) is 0 Å². The van der Waals surface area contributed by atoms with Crippen LogP contribution < -0.4 is 19.8 Å². The number of amides is 2. The maximum Gasteiger partial charge on any atom is 0.264 e. The lowest BCUT2D eigenvalue weighted by Crippen LogP contribution is -2.39. The van der Waals surface area contributed by atoms with Gasteiger partial charge in [-0.25, -0.2) is 18.2 Å². The van der Waals surface area contributed by atoms with Crippen LogP contribution in [0, 0.1) is 5.82 Å². The van der Waals surface area contributed by atoms with E-state index in [1.807, 2.05) is 0 Å². The molecule has 0 aliphatic rings. The molecule has 40 heavy (non-hydrogen) atoms. The smallest absolute Gasteiger partial charge is 0.264 e. The summed E-state index contributed by atoms with van der Waals surface area (Å²) in [6, 6.07) is 22.4. The number of anilines is 1. The number of carbonyl (C=O) groups excluding carboxylic acids is 2. The number of sulfonamides is 1. The Bertz CT molecular complexity index is 1540. The van der Waals surface area contributed by atoms with Gasteiger partial charge in [0.2, 0.25) is 0 Å². The van der Waals surface area contributed by atoms with Gasteiger partial charge in [-0.05, 0) is 78.4 Å². The fourth-order valence-corrected chi connectivity index (χ4v) is 4.88. The zero-order valence-electron chi connectivity index (χ0n) is 21.1. The predicted octanol–water partition coefficient (Wildman–Crippen LogP) is 3.46. The van der Waals surface area contributed by atoms with Gasteiger partial charge in [-0.1, -0.05) is 18.2 Å². The van der Waals surface area contributed by atoms with Gasteiger partial charge in [0, 0.05) is 0 Å². The number of nitrogens with one attached hydrogen (secondary N) is 2. The number of carbonyl (C=O) groups is 2. The van der Waals surface area contributed by atoms with E-state index in [2.05, 4.69) is 15.8 Å². The van der Waals surface area contributed by atoms with Crippen LogP contribution in [-0.2, 0) is 26.2 Å². The maximum atomic E-state index is 13.4. The molecule has 0 radical (unpaired) electrons. The van der Waals surface area contributed by atoms with Crippen molar-refractivity contribution in [2.75, 3.05) is 17.5 Å². The Balaban J connectivity index is 1.32. The van der Waals surface area contributed by atoms with Crippen molar-refractivity contribution >= 4 is 33.7 Å². The number of benzene rings is 3. The molecule has 0 unspecified atom stereocenters. The highest BCUT2D eigenvalue weighted by Gasteiger charge is 2.27. The summed E-state index contributed by atoms with van der Waals surface area (Å²) in [5.41, 5.74) is 3.04. The highest BCUT2D eigenvalue weighted by molar-refractivity contribution is 7.92. The molecule has 2 amide bonds. The van der Waals surface area contributed by atoms with Crippen molar-refractivity contribution in [3.8, 4) is 5.75 Å². The van der Waals surface area contributed by atoms with E-state index in [0.717, 1.165) is 16.4 Å². The lowest BCUT2D eigenvalue weighted by Gasteiger charge is -2.23. The second-order valence-electron chi connectivity index (χ2n) is 8.31. The van der Waals surface area contributed by atoms with Gasteiger partial charge in [-0.15, -0.1) is 0 Å². The number of hydrogen-bond donors (Lipinski definition) is 2. The highest BCUT2D eigenvalue weighted by Crippen LogP contribution is 2.23. The topological polar surface area (TPSA) is 130 Å². The Morgan fingerprint density at radius 3 is 2.33 bits per heavy atom. The molecule has 10 nitrogen and oxygen atoms in total. The van der Waals surface area contributed by atoms with Gasteiger partial charge < -0.3 is 14.5 Å². The second kappa shape index (κ2) is 13.2. The molecule has 0 fully saturated rings. The monoisotopic (exact) mass is 564 g/mol. The third-order valence-corrected chi connectivity index (χ3v) is 7.21. The van der Waals surface area contributed by atoms with Crippen molar-refractivity contribution in [1.82, 2.24) is 10.7 Å². The third-order valence-electron chi connectivity index (χ3n) is 5.43. The van der Waals surface area contributed by atoms with Crippen LogP contribution >= 0.6 is 0 Å². The van der Waals surface area contributed by atoms with Crippen LogP contribution in [0.4, 0.5) is 10.1 Å². The van der Waals surface area contributed by atoms with Crippen molar-refractivity contribution in [3.05, 3.63) is 114 Å². The summed E-state index contributed by atoms with van der Waals surface area (Å²) in [6.45, 7) is -0.508. The summed E-state index contributed by atoms with van der Waals surface area (Å²) < 4.78 is 51.4. The maximum absolute atomic E-state index is 13.4. The van der Waals surface area contributed by atoms with E-state index in [-0.39, 0.29) is 29.6 Å². The fourth-order valence-electron chi connectivity index (χ4n) is 3.44. The summed E-state index contributed by atoms with van der Waals surface area (Å²) in [4.78, 5) is 24.5. The largest absolute Gasteiger partial charge is 0.484 e. The van der Waals surface area contributed by atoms with Gasteiger partial charge in [0.05, 0.1) is 29.6 Å². The number of hydrazone groups is 1. The lowest BCUT2D eigenvalue weighted by molar-refractivity contribution is -0.123. The summed E-state index contributed by atoms with van der Waals surface area (Å²) in [7, 11) is -4.12. The number of halogens is 1. The first-order chi connectivity index (χ1) is 19.3. The third kappa shape index (κ3) is 7.77. The first-order valence-electron chi connectivity index (χ1n) is 12.0. The van der Waals surface area contributed by atoms with E-state index in [9.17, 15) is 22.4 Å². The van der Waals surface area contributed by atoms with Crippen molar-refractivity contribution in [2.45, 2.75) is 11.4 Å². The molecule has 0 aliphatic carbocycles. The first kappa shape index (κ1) is 28.0. The van der Waals surface area contributed by atoms with E-state index in [4.69, 9.17) is 9.15 Å². The van der Waals surface area contributed by atoms with E-state index < -0.39 is 28.3 Å². The average Bonchev–Trinajstić information content (AvgIpc) is 3.49. The van der Waals surface area contributed by atoms with Crippen LogP contribution in [0.1, 0.15) is 11.3 Å². The highest BCUT2D eigenvalue weighted by atomic mass is 32.2. The number of rotatable bonds is 12. The zero-order chi connectivity index (χ0) is 28.4. The molecular weight excluding hydrogens is 539 g/mol. The minimum Gasteiger partial charge on any atom is -0.484 e. The summed E-state index contributed by atoms with van der Waals surface area (Å²) in [5.74, 6) is -0.477. The zero-order valence-corrected chi connectivity index (χ0v) is 21.9. The Hall–Kier alpha value is -4.97. The van der Waals surface area contributed by atoms with E-state index in [1.54, 1.807) is 54.6 Å². The molecule has 0 saturated heterocycles. The molecule has 4 aromatic rings. The molecule has 0 aliphatic heterocycles. The minimum absolute atomic E-state index is 0.0204. The van der Waals surface area contributed by atoms with Crippen molar-refractivity contribution in [3.63, 3.8) is 0 Å². The Labute approximate surface area is 230 Å². The lowest BCUT2D eigenvalue weighted by atomic mass is 10.2. The molecule has 0 bridgehead atoms. The molecule has 206 valence electrons. The fraction of sp³-hybridized carbons (Fsp3) is 0.107. The predicted molar refractivity (Wildman–Crippen MR) is 146 cm³/mol. The Morgan fingerprint density at radius 2 is 1.65 bits per heavy atom. The van der Waals surface area contributed by atoms with Crippen molar-refractivity contribution < 1.29 is 31.6 Å². The standard InChI is InChI=1S/C28H25FN4O6S/c29-22-10-12-23(13-11-22)33(40(36,37)26-6-2-1-3-7-26)19-27(34)32-31-17-21-8-14-24(15-9-21)39-20-28(35)30-18-25-5-4-16-38-25/h1-17H,18-20H2,(H,30,35)(H,32,34)/b31-17-.